The van der Waals surface area contributed by atoms with Crippen molar-refractivity contribution in [2.75, 3.05) is 31.0 Å². The van der Waals surface area contributed by atoms with Gasteiger partial charge in [0, 0.05) is 11.9 Å². The summed E-state index contributed by atoms with van der Waals surface area (Å²) in [7, 11) is -16.8. The van der Waals surface area contributed by atoms with Gasteiger partial charge in [0.25, 0.3) is 0 Å². The number of aliphatic hydroxyl groups excluding tert-OH is 1. The summed E-state index contributed by atoms with van der Waals surface area (Å²) < 4.78 is 52.4. The smallest absolute Gasteiger partial charge is 0.386 e. The van der Waals surface area contributed by atoms with Crippen LogP contribution in [0.2, 0.25) is 0 Å². The van der Waals surface area contributed by atoms with Crippen molar-refractivity contribution in [2.24, 2.45) is 0 Å². The standard InChI is InChI=1S/C11H19ClN3O13P3S/c1-32-6-10(4-26-30(21,22)28-31(23,24)27-29(18,19)20)8(16)11(12,5-25-10)15-3-2-7(13)14-9(15)17/h2-3,8,16H,4-6H2,1H3,(H,21,22)(H,23,24)(H2,13,14,17)(H2,18,19,20)/t8-,10+,11?/m1/s1. The van der Waals surface area contributed by atoms with E-state index in [1.807, 2.05) is 0 Å². The SMILES string of the molecule is CSC[C@]1(COP(=O)(O)OP(=O)(O)OP(=O)(O)O)OCC(Cl)(n2ccc(N)nc2=O)[C@@H]1O. The third-order valence-corrected chi connectivity index (χ3v) is 9.04. The minimum atomic E-state index is -5.74. The van der Waals surface area contributed by atoms with Gasteiger partial charge >= 0.3 is 29.2 Å². The van der Waals surface area contributed by atoms with Gasteiger partial charge in [-0.15, -0.1) is 0 Å². The zero-order chi connectivity index (χ0) is 24.6. The molecule has 3 unspecified atom stereocenters. The normalized spacial score (nSPS) is 30.0. The summed E-state index contributed by atoms with van der Waals surface area (Å²) in [6.07, 6.45) is 0.967. The van der Waals surface area contributed by atoms with E-state index in [1.165, 1.54) is 6.07 Å². The number of nitrogens with two attached hydrogens (primary N) is 1. The van der Waals surface area contributed by atoms with Crippen LogP contribution >= 0.6 is 46.8 Å². The zero-order valence-electron chi connectivity index (χ0n) is 16.0. The lowest BCUT2D eigenvalue weighted by Gasteiger charge is -2.34. The average Bonchev–Trinajstić information content (AvgIpc) is 2.84. The highest BCUT2D eigenvalue weighted by Crippen LogP contribution is 2.66. The monoisotopic (exact) mass is 561 g/mol. The molecule has 184 valence electrons. The van der Waals surface area contributed by atoms with E-state index in [0.29, 0.717) is 0 Å². The van der Waals surface area contributed by atoms with Crippen molar-refractivity contribution in [3.8, 4) is 0 Å². The molecule has 1 fully saturated rings. The Labute approximate surface area is 189 Å². The minimum absolute atomic E-state index is 0.108. The molecule has 0 spiro atoms. The van der Waals surface area contributed by atoms with Gasteiger partial charge in [-0.1, -0.05) is 11.6 Å². The van der Waals surface area contributed by atoms with Gasteiger partial charge in [0.1, 0.15) is 17.5 Å². The number of rotatable bonds is 10. The zero-order valence-corrected chi connectivity index (χ0v) is 20.2. The minimum Gasteiger partial charge on any atom is -0.386 e. The first-order valence-corrected chi connectivity index (χ1v) is 14.4. The fourth-order valence-corrected chi connectivity index (χ4v) is 7.00. The van der Waals surface area contributed by atoms with Crippen molar-refractivity contribution < 1.29 is 56.3 Å². The Kier molecular flexibility index (Phi) is 8.47. The first-order chi connectivity index (χ1) is 14.5. The van der Waals surface area contributed by atoms with Gasteiger partial charge in [-0.05, 0) is 12.3 Å². The molecule has 21 heteroatoms. The summed E-state index contributed by atoms with van der Waals surface area (Å²) >= 11 is 7.53. The lowest BCUT2D eigenvalue weighted by Crippen LogP contribution is -2.54. The van der Waals surface area contributed by atoms with Crippen LogP contribution in [0.1, 0.15) is 0 Å². The van der Waals surface area contributed by atoms with Crippen LogP contribution in [0.3, 0.4) is 0 Å². The number of hydrogen-bond acceptors (Lipinski definition) is 12. The van der Waals surface area contributed by atoms with Crippen LogP contribution in [0.15, 0.2) is 17.1 Å². The largest absolute Gasteiger partial charge is 0.490 e. The topological polar surface area (TPSA) is 250 Å². The average molecular weight is 562 g/mol. The van der Waals surface area contributed by atoms with E-state index < -0.39 is 59.1 Å². The highest BCUT2D eigenvalue weighted by Gasteiger charge is 2.60. The molecule has 0 radical (unpaired) electrons. The van der Waals surface area contributed by atoms with Gasteiger partial charge in [-0.3, -0.25) is 9.09 Å². The second-order valence-corrected chi connectivity index (χ2v) is 12.3. The van der Waals surface area contributed by atoms with Crippen LogP contribution in [0.5, 0.6) is 0 Å². The van der Waals surface area contributed by atoms with Crippen molar-refractivity contribution >= 4 is 52.6 Å². The summed E-state index contributed by atoms with van der Waals surface area (Å²) in [6.45, 7) is -1.47. The van der Waals surface area contributed by atoms with Gasteiger partial charge in [0.15, 0.2) is 5.00 Å². The first kappa shape index (κ1) is 27.9. The maximum atomic E-state index is 12.2. The molecule has 2 heterocycles. The number of ether oxygens (including phenoxy) is 1. The quantitative estimate of drug-likeness (QED) is 0.156. The summed E-state index contributed by atoms with van der Waals surface area (Å²) in [6, 6.07) is 1.24. The second kappa shape index (κ2) is 9.72. The van der Waals surface area contributed by atoms with E-state index in [0.717, 1.165) is 22.5 Å². The maximum absolute atomic E-state index is 12.2. The van der Waals surface area contributed by atoms with E-state index in [9.17, 15) is 33.4 Å². The van der Waals surface area contributed by atoms with Crippen LogP contribution in [-0.2, 0) is 36.6 Å². The van der Waals surface area contributed by atoms with E-state index in [2.05, 4.69) is 18.1 Å². The molecule has 1 aliphatic heterocycles. The van der Waals surface area contributed by atoms with E-state index >= 15 is 0 Å². The van der Waals surface area contributed by atoms with Crippen LogP contribution in [-0.4, -0.2) is 71.2 Å². The summed E-state index contributed by atoms with van der Waals surface area (Å²) in [5.74, 6) is -0.224. The van der Waals surface area contributed by atoms with Gasteiger partial charge in [0.2, 0.25) is 0 Å². The number of nitrogen functional groups attached to an aromatic ring is 1. The summed E-state index contributed by atoms with van der Waals surface area (Å²) in [4.78, 5) is 49.8. The predicted molar refractivity (Wildman–Crippen MR) is 110 cm³/mol. The molecule has 5 atom stereocenters. The van der Waals surface area contributed by atoms with Crippen molar-refractivity contribution in [1.29, 1.82) is 0 Å². The number of aromatic nitrogens is 2. The Morgan fingerprint density at radius 2 is 1.94 bits per heavy atom. The number of halogens is 1. The van der Waals surface area contributed by atoms with Crippen LogP contribution < -0.4 is 11.4 Å². The molecule has 1 saturated heterocycles. The molecule has 2 rings (SSSR count). The molecule has 1 aromatic rings. The number of alkyl halides is 1. The van der Waals surface area contributed by atoms with Gasteiger partial charge in [0.05, 0.1) is 13.2 Å². The van der Waals surface area contributed by atoms with Crippen molar-refractivity contribution in [3.63, 3.8) is 0 Å². The molecular weight excluding hydrogens is 543 g/mol. The Hall–Kier alpha value is -0.350. The van der Waals surface area contributed by atoms with Gasteiger partial charge < -0.3 is 35.2 Å². The van der Waals surface area contributed by atoms with Crippen LogP contribution in [0.25, 0.3) is 0 Å². The number of thioether (sulfide) groups is 1. The Balaban J connectivity index is 2.26. The Bertz CT molecular complexity index is 1050. The molecule has 0 aromatic carbocycles. The molecular formula is C11H19ClN3O13P3S. The molecule has 1 aromatic heterocycles. The van der Waals surface area contributed by atoms with Crippen LogP contribution in [0, 0.1) is 0 Å². The van der Waals surface area contributed by atoms with Crippen molar-refractivity contribution in [1.82, 2.24) is 9.55 Å². The maximum Gasteiger partial charge on any atom is 0.490 e. The van der Waals surface area contributed by atoms with Crippen LogP contribution in [0.4, 0.5) is 5.82 Å². The predicted octanol–water partition coefficient (Wildman–Crippen LogP) is -0.447. The Morgan fingerprint density at radius 3 is 2.47 bits per heavy atom. The third-order valence-electron chi connectivity index (χ3n) is 3.98. The number of aliphatic hydroxyl groups is 1. The number of phosphoric ester groups is 1. The molecule has 1 aliphatic rings. The van der Waals surface area contributed by atoms with Gasteiger partial charge in [-0.2, -0.15) is 25.4 Å². The fourth-order valence-electron chi connectivity index (χ4n) is 2.73. The first-order valence-electron chi connectivity index (χ1n) is 8.09. The van der Waals surface area contributed by atoms with E-state index in [4.69, 9.17) is 31.9 Å². The fraction of sp³-hybridized carbons (Fsp3) is 0.636. The molecule has 7 N–H and O–H groups in total. The van der Waals surface area contributed by atoms with Crippen molar-refractivity contribution in [2.45, 2.75) is 16.7 Å². The number of anilines is 1. The van der Waals surface area contributed by atoms with Crippen molar-refractivity contribution in [3.05, 3.63) is 22.7 Å². The lowest BCUT2D eigenvalue weighted by molar-refractivity contribution is -0.0738. The van der Waals surface area contributed by atoms with E-state index in [-0.39, 0.29) is 11.6 Å². The molecule has 32 heavy (non-hydrogen) atoms. The van der Waals surface area contributed by atoms with E-state index in [1.54, 1.807) is 6.26 Å². The van der Waals surface area contributed by atoms with Gasteiger partial charge in [-0.25, -0.2) is 18.5 Å². The second-order valence-electron chi connectivity index (χ2n) is 6.38. The number of hydrogen-bond donors (Lipinski definition) is 6. The molecule has 0 bridgehead atoms. The molecule has 0 saturated carbocycles. The highest BCUT2D eigenvalue weighted by atomic mass is 35.5. The lowest BCUT2D eigenvalue weighted by atomic mass is 9.96. The molecule has 0 amide bonds. The highest BCUT2D eigenvalue weighted by molar-refractivity contribution is 7.98. The Morgan fingerprint density at radius 1 is 1.31 bits per heavy atom. The molecule has 16 nitrogen and oxygen atoms in total. The summed E-state index contributed by atoms with van der Waals surface area (Å²) in [5, 5.41) is 10.9. The summed E-state index contributed by atoms with van der Waals surface area (Å²) in [5.41, 5.74) is 2.67. The third kappa shape index (κ3) is 6.62. The molecule has 0 aliphatic carbocycles. The number of phosphoric acid groups is 3. The number of nitrogens with zero attached hydrogens (tertiary/aromatic N) is 2.